The zero-order chi connectivity index (χ0) is 16.2. The molecule has 2 heterocycles. The van der Waals surface area contributed by atoms with Crippen molar-refractivity contribution in [3.63, 3.8) is 0 Å². The van der Waals surface area contributed by atoms with Gasteiger partial charge in [-0.1, -0.05) is 0 Å². The molecule has 23 heavy (non-hydrogen) atoms. The minimum atomic E-state index is 0.193. The van der Waals surface area contributed by atoms with Crippen molar-refractivity contribution >= 4 is 23.0 Å². The van der Waals surface area contributed by atoms with Crippen LogP contribution in [-0.2, 0) is 11.3 Å². The fraction of sp³-hybridized carbons (Fsp3) is 0.357. The Morgan fingerprint density at radius 3 is 2.74 bits per heavy atom. The maximum atomic E-state index is 10.0. The summed E-state index contributed by atoms with van der Waals surface area (Å²) in [6, 6.07) is 5.07. The van der Waals surface area contributed by atoms with E-state index >= 15 is 0 Å². The van der Waals surface area contributed by atoms with Gasteiger partial charge in [-0.3, -0.25) is 10.00 Å². The van der Waals surface area contributed by atoms with Crippen LogP contribution in [0, 0.1) is 0 Å². The van der Waals surface area contributed by atoms with Gasteiger partial charge in [0.05, 0.1) is 18.9 Å². The number of aromatic hydroxyl groups is 1. The number of hydrogen-bond acceptors (Lipinski definition) is 8. The first kappa shape index (κ1) is 15.3. The molecule has 0 saturated carbocycles. The van der Waals surface area contributed by atoms with Gasteiger partial charge in [-0.2, -0.15) is 10.2 Å². The Hall–Kier alpha value is -2.65. The van der Waals surface area contributed by atoms with Crippen molar-refractivity contribution in [3.05, 3.63) is 23.8 Å². The van der Waals surface area contributed by atoms with Gasteiger partial charge in [0.25, 0.3) is 0 Å². The van der Waals surface area contributed by atoms with Gasteiger partial charge >= 0.3 is 0 Å². The number of nitrogens with one attached hydrogen (secondary N) is 1. The zero-order valence-electron chi connectivity index (χ0n) is 12.6. The Bertz CT molecular complexity index is 688. The largest absolute Gasteiger partial charge is 0.508 e. The number of aromatic nitrogens is 2. The van der Waals surface area contributed by atoms with Crippen LogP contribution in [0.5, 0.6) is 5.75 Å². The Labute approximate surface area is 132 Å². The fourth-order valence-corrected chi connectivity index (χ4v) is 2.34. The number of benzene rings is 1. The van der Waals surface area contributed by atoms with Gasteiger partial charge in [-0.25, -0.2) is 0 Å². The number of aromatic amines is 1. The summed E-state index contributed by atoms with van der Waals surface area (Å²) in [5.74, 6) is 0.690. The molecule has 0 radical (unpaired) electrons. The highest BCUT2D eigenvalue weighted by atomic mass is 16.5. The molecule has 6 N–H and O–H groups in total. The van der Waals surface area contributed by atoms with E-state index in [1.54, 1.807) is 18.2 Å². The number of nitrogen functional groups attached to an aromatic ring is 2. The summed E-state index contributed by atoms with van der Waals surface area (Å²) in [5, 5.41) is 24.4. The first-order valence-electron chi connectivity index (χ1n) is 7.26. The van der Waals surface area contributed by atoms with Crippen LogP contribution in [0.1, 0.15) is 5.56 Å². The molecule has 122 valence electrons. The second-order valence-corrected chi connectivity index (χ2v) is 5.27. The van der Waals surface area contributed by atoms with Crippen LogP contribution in [0.4, 0.5) is 23.0 Å². The first-order valence-corrected chi connectivity index (χ1v) is 7.26. The molecular formula is C14H19N7O2. The fourth-order valence-electron chi connectivity index (χ4n) is 2.34. The number of phenolic OH excluding ortho intramolecular Hbond substituents is 1. The normalized spacial score (nSPS) is 16.2. The minimum Gasteiger partial charge on any atom is -0.508 e. The van der Waals surface area contributed by atoms with Gasteiger partial charge < -0.3 is 21.3 Å². The molecule has 1 fully saturated rings. The van der Waals surface area contributed by atoms with E-state index in [4.69, 9.17) is 16.2 Å². The van der Waals surface area contributed by atoms with E-state index < -0.39 is 0 Å². The summed E-state index contributed by atoms with van der Waals surface area (Å²) in [5.41, 5.74) is 13.0. The number of nitrogens with two attached hydrogens (primary N) is 2. The van der Waals surface area contributed by atoms with E-state index in [0.717, 1.165) is 18.7 Å². The lowest BCUT2D eigenvalue weighted by atomic mass is 10.1. The topological polar surface area (TPSA) is 138 Å². The van der Waals surface area contributed by atoms with Crippen LogP contribution in [0.25, 0.3) is 0 Å². The molecule has 0 atom stereocenters. The maximum Gasteiger partial charge on any atom is 0.175 e. The molecule has 0 aliphatic carbocycles. The van der Waals surface area contributed by atoms with Crippen LogP contribution in [0.3, 0.4) is 0 Å². The van der Waals surface area contributed by atoms with Crippen molar-refractivity contribution < 1.29 is 9.84 Å². The second-order valence-electron chi connectivity index (χ2n) is 5.27. The molecule has 1 aromatic heterocycles. The molecule has 1 aliphatic rings. The molecule has 9 nitrogen and oxygen atoms in total. The van der Waals surface area contributed by atoms with Crippen LogP contribution < -0.4 is 11.5 Å². The number of phenols is 1. The SMILES string of the molecule is Nc1n[nH]c(N)c1N=Nc1ccc(O)c(CN2CCOCC2)c1. The standard InChI is InChI=1S/C14H19N7O2/c15-13-12(14(16)20-19-13)18-17-10-1-2-11(22)9(7-10)8-21-3-5-23-6-4-21/h1-2,7,22H,3-6,8H2,(H5,15,16,19,20). The maximum absolute atomic E-state index is 10.0. The van der Waals surface area contributed by atoms with Crippen LogP contribution >= 0.6 is 0 Å². The van der Waals surface area contributed by atoms with Crippen LogP contribution in [0.2, 0.25) is 0 Å². The Balaban J connectivity index is 1.77. The molecule has 0 amide bonds. The Morgan fingerprint density at radius 1 is 1.26 bits per heavy atom. The van der Waals surface area contributed by atoms with Crippen molar-refractivity contribution in [2.24, 2.45) is 10.2 Å². The molecule has 9 heteroatoms. The van der Waals surface area contributed by atoms with E-state index in [1.807, 2.05) is 0 Å². The van der Waals surface area contributed by atoms with Gasteiger partial charge in [-0.05, 0) is 18.2 Å². The third kappa shape index (κ3) is 3.58. The molecule has 1 saturated heterocycles. The number of rotatable bonds is 4. The van der Waals surface area contributed by atoms with Gasteiger partial charge in [0, 0.05) is 25.2 Å². The van der Waals surface area contributed by atoms with E-state index in [0.29, 0.717) is 31.1 Å². The molecule has 0 unspecified atom stereocenters. The zero-order valence-corrected chi connectivity index (χ0v) is 12.6. The lowest BCUT2D eigenvalue weighted by Gasteiger charge is -2.26. The molecular weight excluding hydrogens is 298 g/mol. The highest BCUT2D eigenvalue weighted by molar-refractivity contribution is 5.70. The summed E-state index contributed by atoms with van der Waals surface area (Å²) in [7, 11) is 0. The van der Waals surface area contributed by atoms with Gasteiger partial charge in [0.2, 0.25) is 0 Å². The number of H-pyrrole nitrogens is 1. The predicted molar refractivity (Wildman–Crippen MR) is 85.8 cm³/mol. The number of morpholine rings is 1. The molecule has 0 bridgehead atoms. The molecule has 2 aromatic rings. The minimum absolute atomic E-state index is 0.193. The number of anilines is 2. The van der Waals surface area contributed by atoms with Crippen LogP contribution in [0.15, 0.2) is 28.4 Å². The van der Waals surface area contributed by atoms with Crippen LogP contribution in [-0.4, -0.2) is 46.5 Å². The quantitative estimate of drug-likeness (QED) is 0.631. The lowest BCUT2D eigenvalue weighted by molar-refractivity contribution is 0.0339. The van der Waals surface area contributed by atoms with Gasteiger partial charge in [-0.15, -0.1) is 5.11 Å². The third-order valence-electron chi connectivity index (χ3n) is 3.62. The van der Waals surface area contributed by atoms with E-state index in [1.165, 1.54) is 0 Å². The summed E-state index contributed by atoms with van der Waals surface area (Å²) in [6.45, 7) is 3.73. The molecule has 3 rings (SSSR count). The number of azo groups is 1. The van der Waals surface area contributed by atoms with E-state index in [2.05, 4.69) is 25.3 Å². The van der Waals surface area contributed by atoms with Crippen molar-refractivity contribution in [2.45, 2.75) is 6.54 Å². The van der Waals surface area contributed by atoms with Gasteiger partial charge in [0.1, 0.15) is 11.6 Å². The average Bonchev–Trinajstić information content (AvgIpc) is 2.88. The van der Waals surface area contributed by atoms with E-state index in [-0.39, 0.29) is 17.4 Å². The predicted octanol–water partition coefficient (Wildman–Crippen LogP) is 1.53. The number of nitrogens with zero attached hydrogens (tertiary/aromatic N) is 4. The monoisotopic (exact) mass is 317 g/mol. The summed E-state index contributed by atoms with van der Waals surface area (Å²) in [6.07, 6.45) is 0. The number of ether oxygens (including phenoxy) is 1. The first-order chi connectivity index (χ1) is 11.1. The average molecular weight is 317 g/mol. The lowest BCUT2D eigenvalue weighted by Crippen LogP contribution is -2.35. The highest BCUT2D eigenvalue weighted by Gasteiger charge is 2.13. The summed E-state index contributed by atoms with van der Waals surface area (Å²) < 4.78 is 5.32. The van der Waals surface area contributed by atoms with E-state index in [9.17, 15) is 5.11 Å². The smallest absolute Gasteiger partial charge is 0.175 e. The van der Waals surface area contributed by atoms with Crippen molar-refractivity contribution in [1.29, 1.82) is 0 Å². The third-order valence-corrected chi connectivity index (χ3v) is 3.62. The van der Waals surface area contributed by atoms with Crippen molar-refractivity contribution in [1.82, 2.24) is 15.1 Å². The van der Waals surface area contributed by atoms with Crippen molar-refractivity contribution in [3.8, 4) is 5.75 Å². The Morgan fingerprint density at radius 2 is 2.04 bits per heavy atom. The molecule has 1 aliphatic heterocycles. The van der Waals surface area contributed by atoms with Gasteiger partial charge in [0.15, 0.2) is 11.5 Å². The summed E-state index contributed by atoms with van der Waals surface area (Å²) in [4.78, 5) is 2.21. The summed E-state index contributed by atoms with van der Waals surface area (Å²) >= 11 is 0. The highest BCUT2D eigenvalue weighted by Crippen LogP contribution is 2.30. The molecule has 1 aromatic carbocycles. The number of hydrogen-bond donors (Lipinski definition) is 4. The second kappa shape index (κ2) is 6.63. The Kier molecular flexibility index (Phi) is 4.40. The van der Waals surface area contributed by atoms with Crippen molar-refractivity contribution in [2.75, 3.05) is 37.8 Å². The molecule has 0 spiro atoms.